The van der Waals surface area contributed by atoms with Gasteiger partial charge in [-0.1, -0.05) is 0 Å². The summed E-state index contributed by atoms with van der Waals surface area (Å²) in [6, 6.07) is 3.84. The molecule has 4 N–H and O–H groups in total. The number of anilines is 3. The number of sulfonamides is 1. The molecule has 0 saturated carbocycles. The molecule has 1 fully saturated rings. The van der Waals surface area contributed by atoms with Crippen LogP contribution >= 0.6 is 0 Å². The quantitative estimate of drug-likeness (QED) is 0.496. The van der Waals surface area contributed by atoms with Crippen molar-refractivity contribution >= 4 is 33.3 Å². The number of nitrogens with zero attached hydrogens (tertiary/aromatic N) is 2. The second-order valence-electron chi connectivity index (χ2n) is 8.17. The number of halogens is 3. The van der Waals surface area contributed by atoms with E-state index < -0.39 is 33.5 Å². The first kappa shape index (κ1) is 23.4. The first-order valence-electron chi connectivity index (χ1n) is 10.3. The number of rotatable bonds is 6. The van der Waals surface area contributed by atoms with E-state index in [-0.39, 0.29) is 24.2 Å². The van der Waals surface area contributed by atoms with Crippen molar-refractivity contribution in [3.05, 3.63) is 41.2 Å². The fourth-order valence-corrected chi connectivity index (χ4v) is 4.90. The Bertz CT molecular complexity index is 1170. The van der Waals surface area contributed by atoms with Crippen molar-refractivity contribution in [2.45, 2.75) is 31.5 Å². The molecular formula is C20H23F3N6O3S. The van der Waals surface area contributed by atoms with Crippen LogP contribution in [0.4, 0.5) is 30.5 Å². The molecule has 1 atom stereocenters. The number of alkyl halides is 3. The van der Waals surface area contributed by atoms with Gasteiger partial charge in [0.05, 0.1) is 30.0 Å². The van der Waals surface area contributed by atoms with Crippen LogP contribution in [-0.4, -0.2) is 43.6 Å². The number of carbonyl (C=O) groups excluding carboxylic acids is 1. The van der Waals surface area contributed by atoms with E-state index >= 15 is 0 Å². The zero-order chi connectivity index (χ0) is 23.8. The molecule has 0 aliphatic carbocycles. The lowest BCUT2D eigenvalue weighted by Crippen LogP contribution is -2.40. The molecule has 13 heteroatoms. The average molecular weight is 485 g/mol. The highest BCUT2D eigenvalue weighted by Crippen LogP contribution is 2.38. The van der Waals surface area contributed by atoms with E-state index in [2.05, 4.69) is 30.6 Å². The third-order valence-corrected chi connectivity index (χ3v) is 6.28. The van der Waals surface area contributed by atoms with Crippen molar-refractivity contribution in [1.82, 2.24) is 20.0 Å². The Labute approximate surface area is 188 Å². The third kappa shape index (κ3) is 5.60. The molecule has 9 nitrogen and oxygen atoms in total. The minimum Gasteiger partial charge on any atom is -0.326 e. The number of hydrogen-bond donors (Lipinski definition) is 4. The van der Waals surface area contributed by atoms with Gasteiger partial charge in [-0.15, -0.1) is 0 Å². The van der Waals surface area contributed by atoms with Gasteiger partial charge in [-0.3, -0.25) is 4.79 Å². The molecule has 1 unspecified atom stereocenters. The summed E-state index contributed by atoms with van der Waals surface area (Å²) in [5.74, 6) is -0.627. The number of piperidine rings is 1. The maximum atomic E-state index is 13.8. The Hall–Kier alpha value is -2.77. The number of benzene rings is 1. The maximum absolute atomic E-state index is 13.8. The Balaban J connectivity index is 1.72. The van der Waals surface area contributed by atoms with E-state index in [4.69, 9.17) is 0 Å². The lowest BCUT2D eigenvalue weighted by Gasteiger charge is -2.31. The van der Waals surface area contributed by atoms with E-state index in [0.717, 1.165) is 11.8 Å². The van der Waals surface area contributed by atoms with Crippen molar-refractivity contribution in [1.29, 1.82) is 0 Å². The van der Waals surface area contributed by atoms with Gasteiger partial charge in [-0.2, -0.15) is 13.2 Å². The molecule has 178 valence electrons. The van der Waals surface area contributed by atoms with Crippen molar-refractivity contribution < 1.29 is 26.4 Å². The van der Waals surface area contributed by atoms with Crippen LogP contribution in [0.1, 0.15) is 35.7 Å². The van der Waals surface area contributed by atoms with Crippen LogP contribution in [0.3, 0.4) is 0 Å². The molecule has 33 heavy (non-hydrogen) atoms. The summed E-state index contributed by atoms with van der Waals surface area (Å²) in [5, 5.41) is 8.69. The maximum Gasteiger partial charge on any atom is 0.419 e. The van der Waals surface area contributed by atoms with Crippen molar-refractivity contribution in [3.8, 4) is 0 Å². The standard InChI is InChI=1S/C20H23F3N6O3S/c1-33(31,32)29-17(11-4-6-24-7-5-11)18-14(20(21,22)23)10-25-19(28-18)26-13-2-3-15-12(8-13)9-16(30)27-15/h2-3,8,10-11,17,24,29H,4-7,9H2,1H3,(H,27,30)(H,25,26,28). The van der Waals surface area contributed by atoms with Crippen LogP contribution in [0.15, 0.2) is 24.4 Å². The van der Waals surface area contributed by atoms with Crippen LogP contribution in [0, 0.1) is 5.92 Å². The summed E-state index contributed by atoms with van der Waals surface area (Å²) < 4.78 is 67.9. The zero-order valence-electron chi connectivity index (χ0n) is 17.7. The van der Waals surface area contributed by atoms with Crippen LogP contribution in [0.5, 0.6) is 0 Å². The number of fused-ring (bicyclic) bond motifs is 1. The number of carbonyl (C=O) groups is 1. The molecule has 1 aromatic heterocycles. The Morgan fingerprint density at radius 1 is 1.21 bits per heavy atom. The molecule has 2 aliphatic rings. The minimum absolute atomic E-state index is 0.107. The van der Waals surface area contributed by atoms with E-state index in [1.807, 2.05) is 0 Å². The largest absolute Gasteiger partial charge is 0.419 e. The highest BCUT2D eigenvalue weighted by molar-refractivity contribution is 7.88. The predicted octanol–water partition coefficient (Wildman–Crippen LogP) is 2.32. The smallest absolute Gasteiger partial charge is 0.326 e. The third-order valence-electron chi connectivity index (χ3n) is 5.60. The van der Waals surface area contributed by atoms with Crippen LogP contribution in [0.25, 0.3) is 0 Å². The summed E-state index contributed by atoms with van der Waals surface area (Å²) in [6.45, 7) is 1.12. The van der Waals surface area contributed by atoms with E-state index in [1.165, 1.54) is 0 Å². The lowest BCUT2D eigenvalue weighted by atomic mass is 9.87. The zero-order valence-corrected chi connectivity index (χ0v) is 18.5. The second kappa shape index (κ2) is 8.88. The van der Waals surface area contributed by atoms with Gasteiger partial charge in [0, 0.05) is 17.6 Å². The van der Waals surface area contributed by atoms with E-state index in [1.54, 1.807) is 18.2 Å². The van der Waals surface area contributed by atoms with Gasteiger partial charge < -0.3 is 16.0 Å². The van der Waals surface area contributed by atoms with E-state index in [0.29, 0.717) is 43.5 Å². The van der Waals surface area contributed by atoms with Crippen molar-refractivity contribution in [2.75, 3.05) is 30.0 Å². The van der Waals surface area contributed by atoms with Crippen molar-refractivity contribution in [3.63, 3.8) is 0 Å². The number of aromatic nitrogens is 2. The van der Waals surface area contributed by atoms with Crippen LogP contribution < -0.4 is 20.7 Å². The SMILES string of the molecule is CS(=O)(=O)NC(c1nc(Nc2ccc3c(c2)CC(=O)N3)ncc1C(F)(F)F)C1CCNCC1. The molecule has 2 aliphatic heterocycles. The molecule has 0 spiro atoms. The fraction of sp³-hybridized carbons (Fsp3) is 0.450. The minimum atomic E-state index is -4.77. The van der Waals surface area contributed by atoms with Gasteiger partial charge in [0.25, 0.3) is 0 Å². The predicted molar refractivity (Wildman–Crippen MR) is 115 cm³/mol. The second-order valence-corrected chi connectivity index (χ2v) is 9.95. The number of amides is 1. The molecule has 0 bridgehead atoms. The molecule has 2 aromatic rings. The van der Waals surface area contributed by atoms with Crippen molar-refractivity contribution in [2.24, 2.45) is 5.92 Å². The fourth-order valence-electron chi connectivity index (χ4n) is 4.13. The molecule has 4 rings (SSSR count). The molecule has 0 radical (unpaired) electrons. The summed E-state index contributed by atoms with van der Waals surface area (Å²) in [5.41, 5.74) is 0.392. The van der Waals surface area contributed by atoms with Gasteiger partial charge in [0.2, 0.25) is 21.9 Å². The topological polar surface area (TPSA) is 125 Å². The number of hydrogen-bond acceptors (Lipinski definition) is 7. The Morgan fingerprint density at radius 3 is 2.61 bits per heavy atom. The van der Waals surface area contributed by atoms with Gasteiger partial charge in [0.15, 0.2) is 0 Å². The normalized spacial score (nSPS) is 18.0. The van der Waals surface area contributed by atoms with E-state index in [9.17, 15) is 26.4 Å². The Morgan fingerprint density at radius 2 is 1.94 bits per heavy atom. The van der Waals surface area contributed by atoms with Gasteiger partial charge in [-0.05, 0) is 55.6 Å². The monoisotopic (exact) mass is 484 g/mol. The number of nitrogens with one attached hydrogen (secondary N) is 4. The molecule has 1 saturated heterocycles. The van der Waals surface area contributed by atoms with Gasteiger partial charge >= 0.3 is 6.18 Å². The first-order valence-corrected chi connectivity index (χ1v) is 12.2. The summed E-state index contributed by atoms with van der Waals surface area (Å²) in [7, 11) is -3.82. The summed E-state index contributed by atoms with van der Waals surface area (Å²) in [6.07, 6.45) is -2.01. The average Bonchev–Trinajstić information content (AvgIpc) is 3.10. The molecular weight excluding hydrogens is 461 g/mol. The molecule has 1 amide bonds. The van der Waals surface area contributed by atoms with Crippen LogP contribution in [-0.2, 0) is 27.4 Å². The summed E-state index contributed by atoms with van der Waals surface area (Å²) in [4.78, 5) is 19.5. The highest BCUT2D eigenvalue weighted by Gasteiger charge is 2.40. The van der Waals surface area contributed by atoms with Crippen LogP contribution in [0.2, 0.25) is 0 Å². The summed E-state index contributed by atoms with van der Waals surface area (Å²) >= 11 is 0. The highest BCUT2D eigenvalue weighted by atomic mass is 32.2. The first-order chi connectivity index (χ1) is 15.5. The Kier molecular flexibility index (Phi) is 6.29. The molecule has 1 aromatic carbocycles. The van der Waals surface area contributed by atoms with Gasteiger partial charge in [0.1, 0.15) is 0 Å². The van der Waals surface area contributed by atoms with Gasteiger partial charge in [-0.25, -0.2) is 23.1 Å². The lowest BCUT2D eigenvalue weighted by molar-refractivity contribution is -0.139. The molecule has 3 heterocycles.